The number of halogens is 1. The summed E-state index contributed by atoms with van der Waals surface area (Å²) in [6.07, 6.45) is 3.91. The van der Waals surface area contributed by atoms with Crippen LogP contribution in [0, 0.1) is 0 Å². The van der Waals surface area contributed by atoms with E-state index in [-0.39, 0.29) is 12.0 Å². The van der Waals surface area contributed by atoms with Crippen molar-refractivity contribution in [2.24, 2.45) is 0 Å². The smallest absolute Gasteiger partial charge is 0.261 e. The number of ether oxygens (including phenoxy) is 1. The van der Waals surface area contributed by atoms with E-state index in [0.29, 0.717) is 28.7 Å². The predicted octanol–water partition coefficient (Wildman–Crippen LogP) is 3.59. The zero-order valence-corrected chi connectivity index (χ0v) is 14.7. The Labute approximate surface area is 153 Å². The fraction of sp³-hybridized carbons (Fsp3) is 0.167. The van der Waals surface area contributed by atoms with E-state index in [1.54, 1.807) is 24.5 Å². The number of thiophene rings is 1. The van der Waals surface area contributed by atoms with E-state index < -0.39 is 0 Å². The first-order valence-corrected chi connectivity index (χ1v) is 9.04. The van der Waals surface area contributed by atoms with Crippen LogP contribution in [0.3, 0.4) is 0 Å². The molecule has 1 unspecified atom stereocenters. The van der Waals surface area contributed by atoms with Crippen LogP contribution in [0.5, 0.6) is 5.75 Å². The van der Waals surface area contributed by atoms with Crippen molar-refractivity contribution in [3.8, 4) is 17.1 Å². The second-order valence-electron chi connectivity index (χ2n) is 5.65. The first-order chi connectivity index (χ1) is 12.2. The molecular weight excluding hydrogens is 358 g/mol. The number of carbonyl (C=O) groups is 1. The topological polar surface area (TPSA) is 64.1 Å². The normalized spacial score (nSPS) is 15.5. The molecule has 1 aliphatic heterocycles. The quantitative estimate of drug-likeness (QED) is 0.761. The van der Waals surface area contributed by atoms with Gasteiger partial charge in [-0.05, 0) is 29.6 Å². The molecule has 2 aromatic heterocycles. The summed E-state index contributed by atoms with van der Waals surface area (Å²) in [7, 11) is 0. The molecule has 1 aliphatic rings. The number of amides is 1. The lowest BCUT2D eigenvalue weighted by Gasteiger charge is -2.13. The van der Waals surface area contributed by atoms with Crippen LogP contribution in [0.15, 0.2) is 48.1 Å². The largest absolute Gasteiger partial charge is 0.487 e. The van der Waals surface area contributed by atoms with Gasteiger partial charge in [0.15, 0.2) is 5.82 Å². The summed E-state index contributed by atoms with van der Waals surface area (Å²) < 4.78 is 6.07. The summed E-state index contributed by atoms with van der Waals surface area (Å²) in [6, 6.07) is 9.12. The van der Waals surface area contributed by atoms with Gasteiger partial charge in [-0.15, -0.1) is 11.3 Å². The zero-order chi connectivity index (χ0) is 17.2. The highest BCUT2D eigenvalue weighted by atomic mass is 35.5. The maximum Gasteiger partial charge on any atom is 0.261 e. The van der Waals surface area contributed by atoms with Gasteiger partial charge < -0.3 is 10.1 Å². The summed E-state index contributed by atoms with van der Waals surface area (Å²) in [5.74, 6) is 1.23. The number of rotatable bonds is 4. The Morgan fingerprint density at radius 3 is 2.92 bits per heavy atom. The summed E-state index contributed by atoms with van der Waals surface area (Å²) in [6.45, 7) is 0.429. The van der Waals surface area contributed by atoms with E-state index in [1.807, 2.05) is 23.6 Å². The molecule has 0 spiro atoms. The van der Waals surface area contributed by atoms with Gasteiger partial charge in [0.1, 0.15) is 11.9 Å². The molecule has 1 amide bonds. The molecule has 1 aromatic carbocycles. The van der Waals surface area contributed by atoms with Crippen LogP contribution in [-0.4, -0.2) is 28.5 Å². The lowest BCUT2D eigenvalue weighted by molar-refractivity contribution is 0.0937. The van der Waals surface area contributed by atoms with Gasteiger partial charge in [-0.2, -0.15) is 0 Å². The number of hydrogen-bond acceptors (Lipinski definition) is 5. The van der Waals surface area contributed by atoms with Gasteiger partial charge in [0.25, 0.3) is 5.91 Å². The van der Waals surface area contributed by atoms with Crippen molar-refractivity contribution in [3.63, 3.8) is 0 Å². The van der Waals surface area contributed by atoms with Crippen molar-refractivity contribution in [1.82, 2.24) is 15.3 Å². The lowest BCUT2D eigenvalue weighted by Crippen LogP contribution is -2.34. The molecule has 3 aromatic rings. The Morgan fingerprint density at radius 1 is 1.32 bits per heavy atom. The van der Waals surface area contributed by atoms with Crippen LogP contribution < -0.4 is 10.1 Å². The van der Waals surface area contributed by atoms with Crippen LogP contribution in [0.2, 0.25) is 5.02 Å². The van der Waals surface area contributed by atoms with E-state index in [9.17, 15) is 4.79 Å². The van der Waals surface area contributed by atoms with E-state index >= 15 is 0 Å². The molecule has 4 rings (SSSR count). The average molecular weight is 372 g/mol. The number of nitrogens with zero attached hydrogens (tertiary/aromatic N) is 2. The molecule has 7 heteroatoms. The Bertz CT molecular complexity index is 900. The summed E-state index contributed by atoms with van der Waals surface area (Å²) in [4.78, 5) is 21.3. The molecule has 0 aliphatic carbocycles. The standard InChI is InChI=1S/C18H14ClN3O2S/c19-12-7-11-8-13(10-22-18(23)15-3-1-6-25-15)24-16(11)14(9-12)17-20-4-2-5-21-17/h1-7,9,13H,8,10H2,(H,22,23). The van der Waals surface area contributed by atoms with E-state index in [4.69, 9.17) is 16.3 Å². The van der Waals surface area contributed by atoms with E-state index in [2.05, 4.69) is 15.3 Å². The predicted molar refractivity (Wildman–Crippen MR) is 97.3 cm³/mol. The molecule has 0 fully saturated rings. The first-order valence-electron chi connectivity index (χ1n) is 7.79. The number of hydrogen-bond donors (Lipinski definition) is 1. The number of benzene rings is 1. The van der Waals surface area contributed by atoms with Gasteiger partial charge >= 0.3 is 0 Å². The average Bonchev–Trinajstić information content (AvgIpc) is 3.29. The van der Waals surface area contributed by atoms with Crippen LogP contribution in [-0.2, 0) is 6.42 Å². The molecule has 3 heterocycles. The fourth-order valence-electron chi connectivity index (χ4n) is 2.81. The molecule has 0 saturated heterocycles. The highest BCUT2D eigenvalue weighted by molar-refractivity contribution is 7.12. The third-order valence-corrected chi connectivity index (χ3v) is 4.99. The van der Waals surface area contributed by atoms with Crippen molar-refractivity contribution in [2.45, 2.75) is 12.5 Å². The van der Waals surface area contributed by atoms with Crippen molar-refractivity contribution in [2.75, 3.05) is 6.54 Å². The maximum absolute atomic E-state index is 12.1. The molecule has 1 atom stereocenters. The highest BCUT2D eigenvalue weighted by Gasteiger charge is 2.28. The van der Waals surface area contributed by atoms with Gasteiger partial charge in [-0.1, -0.05) is 17.7 Å². The Hall–Kier alpha value is -2.44. The van der Waals surface area contributed by atoms with Crippen molar-refractivity contribution in [3.05, 3.63) is 63.6 Å². The summed E-state index contributed by atoms with van der Waals surface area (Å²) >= 11 is 7.66. The molecular formula is C18H14ClN3O2S. The van der Waals surface area contributed by atoms with Gasteiger partial charge in [0, 0.05) is 29.4 Å². The minimum Gasteiger partial charge on any atom is -0.487 e. The highest BCUT2D eigenvalue weighted by Crippen LogP contribution is 2.39. The van der Waals surface area contributed by atoms with Crippen LogP contribution in [0.1, 0.15) is 15.2 Å². The molecule has 25 heavy (non-hydrogen) atoms. The van der Waals surface area contributed by atoms with Crippen LogP contribution in [0.25, 0.3) is 11.4 Å². The summed E-state index contributed by atoms with van der Waals surface area (Å²) in [5.41, 5.74) is 1.78. The fourth-order valence-corrected chi connectivity index (χ4v) is 3.69. The molecule has 5 nitrogen and oxygen atoms in total. The second kappa shape index (κ2) is 6.82. The Balaban J connectivity index is 1.51. The minimum atomic E-state index is -0.139. The number of nitrogens with one attached hydrogen (secondary N) is 1. The summed E-state index contributed by atoms with van der Waals surface area (Å²) in [5, 5.41) is 5.42. The molecule has 0 bridgehead atoms. The van der Waals surface area contributed by atoms with Gasteiger partial charge in [-0.25, -0.2) is 9.97 Å². The van der Waals surface area contributed by atoms with Crippen molar-refractivity contribution >= 4 is 28.8 Å². The molecule has 0 radical (unpaired) electrons. The van der Waals surface area contributed by atoms with Gasteiger partial charge in [-0.3, -0.25) is 4.79 Å². The van der Waals surface area contributed by atoms with Gasteiger partial charge in [0.05, 0.1) is 17.0 Å². The maximum atomic E-state index is 12.1. The number of carbonyl (C=O) groups excluding carboxylic acids is 1. The Morgan fingerprint density at radius 2 is 2.16 bits per heavy atom. The first kappa shape index (κ1) is 16.1. The monoisotopic (exact) mass is 371 g/mol. The third-order valence-electron chi connectivity index (χ3n) is 3.90. The molecule has 1 N–H and O–H groups in total. The van der Waals surface area contributed by atoms with Gasteiger partial charge in [0.2, 0.25) is 0 Å². The molecule has 126 valence electrons. The van der Waals surface area contributed by atoms with Crippen molar-refractivity contribution in [1.29, 1.82) is 0 Å². The van der Waals surface area contributed by atoms with Crippen LogP contribution in [0.4, 0.5) is 0 Å². The Kier molecular flexibility index (Phi) is 4.38. The third kappa shape index (κ3) is 3.36. The zero-order valence-electron chi connectivity index (χ0n) is 13.1. The minimum absolute atomic E-state index is 0.0841. The lowest BCUT2D eigenvalue weighted by atomic mass is 10.1. The van der Waals surface area contributed by atoms with E-state index in [0.717, 1.165) is 16.9 Å². The second-order valence-corrected chi connectivity index (χ2v) is 7.03. The SMILES string of the molecule is O=C(NCC1Cc2cc(Cl)cc(-c3ncccn3)c2O1)c1cccs1. The molecule has 0 saturated carbocycles. The number of fused-ring (bicyclic) bond motifs is 1. The van der Waals surface area contributed by atoms with Crippen molar-refractivity contribution < 1.29 is 9.53 Å². The van der Waals surface area contributed by atoms with E-state index in [1.165, 1.54) is 11.3 Å². The van der Waals surface area contributed by atoms with Crippen LogP contribution >= 0.6 is 22.9 Å². The number of aromatic nitrogens is 2.